The zero-order valence-electron chi connectivity index (χ0n) is 13.8. The Bertz CT molecular complexity index is 448. The molecule has 1 fully saturated rings. The SMILES string of the molecule is CCCC1CCC(=O)C(Cc2ccn(C(CC)CC)n2)C1. The Morgan fingerprint density at radius 2 is 2.10 bits per heavy atom. The van der Waals surface area contributed by atoms with Gasteiger partial charge in [0.1, 0.15) is 5.78 Å². The maximum atomic E-state index is 12.2. The number of rotatable bonds is 7. The summed E-state index contributed by atoms with van der Waals surface area (Å²) >= 11 is 0. The fourth-order valence-electron chi connectivity index (χ4n) is 3.67. The van der Waals surface area contributed by atoms with E-state index in [1.54, 1.807) is 0 Å². The molecule has 2 atom stereocenters. The summed E-state index contributed by atoms with van der Waals surface area (Å²) in [6, 6.07) is 2.60. The van der Waals surface area contributed by atoms with Gasteiger partial charge in [-0.25, -0.2) is 0 Å². The lowest BCUT2D eigenvalue weighted by molar-refractivity contribution is -0.125. The van der Waals surface area contributed by atoms with Gasteiger partial charge in [-0.3, -0.25) is 9.48 Å². The highest BCUT2D eigenvalue weighted by atomic mass is 16.1. The maximum absolute atomic E-state index is 12.2. The van der Waals surface area contributed by atoms with Crippen LogP contribution in [0.2, 0.25) is 0 Å². The first-order valence-corrected chi connectivity index (χ1v) is 8.74. The molecule has 0 saturated heterocycles. The van der Waals surface area contributed by atoms with Crippen LogP contribution in [0.5, 0.6) is 0 Å². The lowest BCUT2D eigenvalue weighted by Crippen LogP contribution is -2.26. The third-order valence-electron chi connectivity index (χ3n) is 5.00. The van der Waals surface area contributed by atoms with Crippen molar-refractivity contribution in [3.05, 3.63) is 18.0 Å². The summed E-state index contributed by atoms with van der Waals surface area (Å²) in [7, 11) is 0. The Labute approximate surface area is 129 Å². The maximum Gasteiger partial charge on any atom is 0.136 e. The minimum absolute atomic E-state index is 0.209. The molecule has 0 spiro atoms. The van der Waals surface area contributed by atoms with Crippen molar-refractivity contribution in [3.8, 4) is 0 Å². The van der Waals surface area contributed by atoms with E-state index in [1.165, 1.54) is 12.8 Å². The third kappa shape index (κ3) is 4.18. The molecule has 0 radical (unpaired) electrons. The van der Waals surface area contributed by atoms with Gasteiger partial charge in [0, 0.05) is 25.0 Å². The highest BCUT2D eigenvalue weighted by molar-refractivity contribution is 5.81. The van der Waals surface area contributed by atoms with Gasteiger partial charge in [-0.15, -0.1) is 0 Å². The van der Waals surface area contributed by atoms with Crippen molar-refractivity contribution in [2.75, 3.05) is 0 Å². The van der Waals surface area contributed by atoms with Crippen LogP contribution < -0.4 is 0 Å². The molecule has 1 saturated carbocycles. The molecule has 1 heterocycles. The van der Waals surface area contributed by atoms with E-state index in [0.29, 0.717) is 11.8 Å². The van der Waals surface area contributed by atoms with Crippen molar-refractivity contribution in [3.63, 3.8) is 0 Å². The number of aromatic nitrogens is 2. The average Bonchev–Trinajstić information content (AvgIpc) is 2.93. The Hall–Kier alpha value is -1.12. The van der Waals surface area contributed by atoms with Gasteiger partial charge in [-0.1, -0.05) is 33.6 Å². The summed E-state index contributed by atoms with van der Waals surface area (Å²) in [5, 5.41) is 4.72. The first-order valence-electron chi connectivity index (χ1n) is 8.74. The Morgan fingerprint density at radius 3 is 2.76 bits per heavy atom. The van der Waals surface area contributed by atoms with E-state index in [2.05, 4.69) is 37.7 Å². The highest BCUT2D eigenvalue weighted by Gasteiger charge is 2.28. The van der Waals surface area contributed by atoms with Gasteiger partial charge < -0.3 is 0 Å². The van der Waals surface area contributed by atoms with E-state index in [9.17, 15) is 4.79 Å². The molecule has 1 aliphatic carbocycles. The van der Waals surface area contributed by atoms with Gasteiger partial charge in [0.25, 0.3) is 0 Å². The van der Waals surface area contributed by atoms with Crippen molar-refractivity contribution < 1.29 is 4.79 Å². The number of hydrogen-bond donors (Lipinski definition) is 0. The molecule has 3 heteroatoms. The van der Waals surface area contributed by atoms with Crippen LogP contribution in [-0.2, 0) is 11.2 Å². The van der Waals surface area contributed by atoms with E-state index >= 15 is 0 Å². The second-order valence-electron chi connectivity index (χ2n) is 6.55. The number of ketones is 1. The number of hydrogen-bond acceptors (Lipinski definition) is 2. The summed E-state index contributed by atoms with van der Waals surface area (Å²) in [5.41, 5.74) is 1.09. The Kier molecular flexibility index (Phi) is 6.01. The number of Topliss-reactive ketones (excluding diaryl/α,β-unsaturated/α-hetero) is 1. The van der Waals surface area contributed by atoms with Crippen LogP contribution in [0.4, 0.5) is 0 Å². The summed E-state index contributed by atoms with van der Waals surface area (Å²) in [6.07, 6.45) is 10.6. The second kappa shape index (κ2) is 7.77. The molecule has 0 N–H and O–H groups in total. The van der Waals surface area contributed by atoms with Crippen molar-refractivity contribution in [1.29, 1.82) is 0 Å². The fraction of sp³-hybridized carbons (Fsp3) is 0.778. The van der Waals surface area contributed by atoms with E-state index < -0.39 is 0 Å². The predicted octanol–water partition coefficient (Wildman–Crippen LogP) is 4.57. The topological polar surface area (TPSA) is 34.9 Å². The van der Waals surface area contributed by atoms with Gasteiger partial charge in [-0.05, 0) is 37.7 Å². The Balaban J connectivity index is 1.98. The van der Waals surface area contributed by atoms with Gasteiger partial charge in [-0.2, -0.15) is 5.10 Å². The molecule has 3 nitrogen and oxygen atoms in total. The summed E-state index contributed by atoms with van der Waals surface area (Å²) in [5.74, 6) is 1.42. The van der Waals surface area contributed by atoms with Crippen LogP contribution in [0, 0.1) is 11.8 Å². The molecule has 0 amide bonds. The predicted molar refractivity (Wildman–Crippen MR) is 86.3 cm³/mol. The van der Waals surface area contributed by atoms with Crippen molar-refractivity contribution in [2.24, 2.45) is 11.8 Å². The molecule has 21 heavy (non-hydrogen) atoms. The van der Waals surface area contributed by atoms with Crippen molar-refractivity contribution >= 4 is 5.78 Å². The van der Waals surface area contributed by atoms with E-state index in [1.807, 2.05) is 0 Å². The molecule has 1 aromatic rings. The molecule has 0 bridgehead atoms. The quantitative estimate of drug-likeness (QED) is 0.737. The lowest BCUT2D eigenvalue weighted by atomic mass is 9.77. The zero-order valence-corrected chi connectivity index (χ0v) is 13.8. The molecule has 118 valence electrons. The third-order valence-corrected chi connectivity index (χ3v) is 5.00. The molecule has 0 aromatic carbocycles. The van der Waals surface area contributed by atoms with E-state index in [0.717, 1.165) is 50.1 Å². The van der Waals surface area contributed by atoms with Crippen molar-refractivity contribution in [1.82, 2.24) is 9.78 Å². The fourth-order valence-corrected chi connectivity index (χ4v) is 3.67. The molecule has 0 aliphatic heterocycles. The second-order valence-corrected chi connectivity index (χ2v) is 6.55. The van der Waals surface area contributed by atoms with Gasteiger partial charge >= 0.3 is 0 Å². The zero-order chi connectivity index (χ0) is 15.2. The number of nitrogens with zero attached hydrogens (tertiary/aromatic N) is 2. The van der Waals surface area contributed by atoms with Crippen LogP contribution in [0.25, 0.3) is 0 Å². The molecular formula is C18H30N2O. The summed E-state index contributed by atoms with van der Waals surface area (Å²) in [6.45, 7) is 6.65. The van der Waals surface area contributed by atoms with Gasteiger partial charge in [0.15, 0.2) is 0 Å². The normalized spacial score (nSPS) is 23.0. The highest BCUT2D eigenvalue weighted by Crippen LogP contribution is 2.31. The van der Waals surface area contributed by atoms with Crippen LogP contribution in [0.15, 0.2) is 12.3 Å². The van der Waals surface area contributed by atoms with Crippen LogP contribution >= 0.6 is 0 Å². The minimum Gasteiger partial charge on any atom is -0.299 e. The van der Waals surface area contributed by atoms with Crippen LogP contribution in [-0.4, -0.2) is 15.6 Å². The molecule has 1 aliphatic rings. The van der Waals surface area contributed by atoms with E-state index in [-0.39, 0.29) is 5.92 Å². The Morgan fingerprint density at radius 1 is 1.33 bits per heavy atom. The minimum atomic E-state index is 0.209. The van der Waals surface area contributed by atoms with Gasteiger partial charge in [0.05, 0.1) is 11.7 Å². The molecule has 2 unspecified atom stereocenters. The summed E-state index contributed by atoms with van der Waals surface area (Å²) < 4.78 is 2.09. The number of carbonyl (C=O) groups is 1. The number of carbonyl (C=O) groups excluding carboxylic acids is 1. The monoisotopic (exact) mass is 290 g/mol. The average molecular weight is 290 g/mol. The van der Waals surface area contributed by atoms with E-state index in [4.69, 9.17) is 5.10 Å². The summed E-state index contributed by atoms with van der Waals surface area (Å²) in [4.78, 5) is 12.2. The molecule has 1 aromatic heterocycles. The largest absolute Gasteiger partial charge is 0.299 e. The van der Waals surface area contributed by atoms with Crippen molar-refractivity contribution in [2.45, 2.75) is 78.2 Å². The van der Waals surface area contributed by atoms with Crippen LogP contribution in [0.3, 0.4) is 0 Å². The standard InChI is InChI=1S/C18H30N2O/c1-4-7-14-8-9-18(21)15(12-14)13-16-10-11-20(19-16)17(5-2)6-3/h10-11,14-15,17H,4-9,12-13H2,1-3H3. The molecular weight excluding hydrogens is 260 g/mol. The van der Waals surface area contributed by atoms with Crippen LogP contribution in [0.1, 0.15) is 77.5 Å². The lowest BCUT2D eigenvalue weighted by Gasteiger charge is -2.27. The molecule has 2 rings (SSSR count). The first-order chi connectivity index (χ1) is 10.2. The first kappa shape index (κ1) is 16.3. The van der Waals surface area contributed by atoms with Gasteiger partial charge in [0.2, 0.25) is 0 Å². The smallest absolute Gasteiger partial charge is 0.136 e.